The van der Waals surface area contributed by atoms with Crippen molar-refractivity contribution < 1.29 is 24.5 Å². The Morgan fingerprint density at radius 1 is 1.20 bits per heavy atom. The topological polar surface area (TPSA) is 79.2 Å². The number of aliphatic hydroxyl groups is 2. The molecule has 20 heavy (non-hydrogen) atoms. The van der Waals surface area contributed by atoms with E-state index in [2.05, 4.69) is 0 Å². The highest BCUT2D eigenvalue weighted by Crippen LogP contribution is 2.28. The molecule has 6 nitrogen and oxygen atoms in total. The third kappa shape index (κ3) is 4.11. The molecule has 0 fully saturated rings. The van der Waals surface area contributed by atoms with E-state index in [4.69, 9.17) is 19.7 Å². The molecule has 0 aliphatic rings. The molecule has 0 aliphatic carbocycles. The molecular weight excluding hydrogens is 262 g/mol. The van der Waals surface area contributed by atoms with Gasteiger partial charge in [-0.3, -0.25) is 4.79 Å². The van der Waals surface area contributed by atoms with Gasteiger partial charge in [0.2, 0.25) is 0 Å². The molecule has 1 amide bonds. The summed E-state index contributed by atoms with van der Waals surface area (Å²) in [6.45, 7) is 2.41. The number of benzene rings is 1. The lowest BCUT2D eigenvalue weighted by molar-refractivity contribution is 0.0684. The zero-order valence-electron chi connectivity index (χ0n) is 11.8. The number of aliphatic hydroxyl groups excluding tert-OH is 2. The average Bonchev–Trinajstić information content (AvgIpc) is 2.47. The van der Waals surface area contributed by atoms with Crippen LogP contribution in [0.5, 0.6) is 11.5 Å². The fourth-order valence-electron chi connectivity index (χ4n) is 1.81. The van der Waals surface area contributed by atoms with Crippen LogP contribution in [0, 0.1) is 0 Å². The summed E-state index contributed by atoms with van der Waals surface area (Å²) in [4.78, 5) is 13.7. The predicted octanol–water partition coefficient (Wildman–Crippen LogP) is 0.521. The van der Waals surface area contributed by atoms with Gasteiger partial charge >= 0.3 is 0 Å². The van der Waals surface area contributed by atoms with Crippen molar-refractivity contribution in [1.82, 2.24) is 4.90 Å². The molecule has 0 radical (unpaired) electrons. The maximum absolute atomic E-state index is 12.3. The zero-order valence-corrected chi connectivity index (χ0v) is 11.8. The van der Waals surface area contributed by atoms with E-state index in [1.54, 1.807) is 18.2 Å². The maximum Gasteiger partial charge on any atom is 0.254 e. The van der Waals surface area contributed by atoms with E-state index >= 15 is 0 Å². The number of rotatable bonds is 8. The standard InChI is InChI=1S/C14H21NO5/c1-3-20-12-5-4-11(10-13(12)19-2)14(18)15(6-8-16)7-9-17/h4-5,10,16-17H,3,6-9H2,1-2H3. The van der Waals surface area contributed by atoms with Crippen LogP contribution in [0.3, 0.4) is 0 Å². The molecule has 6 heteroatoms. The molecule has 0 aliphatic heterocycles. The Bertz CT molecular complexity index is 430. The van der Waals surface area contributed by atoms with Gasteiger partial charge in [-0.2, -0.15) is 0 Å². The van der Waals surface area contributed by atoms with E-state index < -0.39 is 0 Å². The van der Waals surface area contributed by atoms with Crippen LogP contribution in [0.15, 0.2) is 18.2 Å². The molecule has 0 spiro atoms. The number of carbonyl (C=O) groups is 1. The summed E-state index contributed by atoms with van der Waals surface area (Å²) in [5.74, 6) is 0.780. The highest BCUT2D eigenvalue weighted by molar-refractivity contribution is 5.95. The van der Waals surface area contributed by atoms with Crippen molar-refractivity contribution in [2.75, 3.05) is 40.0 Å². The first-order valence-electron chi connectivity index (χ1n) is 6.49. The Hall–Kier alpha value is -1.79. The number of hydrogen-bond acceptors (Lipinski definition) is 5. The second kappa shape index (κ2) is 8.39. The second-order valence-electron chi connectivity index (χ2n) is 4.04. The minimum atomic E-state index is -0.269. The van der Waals surface area contributed by atoms with E-state index in [0.717, 1.165) is 0 Å². The van der Waals surface area contributed by atoms with E-state index in [-0.39, 0.29) is 32.2 Å². The van der Waals surface area contributed by atoms with Crippen molar-refractivity contribution in [3.63, 3.8) is 0 Å². The van der Waals surface area contributed by atoms with Crippen LogP contribution >= 0.6 is 0 Å². The van der Waals surface area contributed by atoms with Crippen LogP contribution in [0.2, 0.25) is 0 Å². The van der Waals surface area contributed by atoms with Crippen molar-refractivity contribution in [3.05, 3.63) is 23.8 Å². The van der Waals surface area contributed by atoms with E-state index in [0.29, 0.717) is 23.7 Å². The molecule has 112 valence electrons. The van der Waals surface area contributed by atoms with Crippen molar-refractivity contribution in [1.29, 1.82) is 0 Å². The molecule has 0 atom stereocenters. The molecule has 1 aromatic carbocycles. The minimum absolute atomic E-state index is 0.153. The van der Waals surface area contributed by atoms with Crippen molar-refractivity contribution in [2.45, 2.75) is 6.92 Å². The number of carbonyl (C=O) groups excluding carboxylic acids is 1. The maximum atomic E-state index is 12.3. The fraction of sp³-hybridized carbons (Fsp3) is 0.500. The molecule has 1 aromatic rings. The predicted molar refractivity (Wildman–Crippen MR) is 74.2 cm³/mol. The molecule has 0 saturated heterocycles. The highest BCUT2D eigenvalue weighted by Gasteiger charge is 2.17. The molecule has 2 N–H and O–H groups in total. The average molecular weight is 283 g/mol. The Balaban J connectivity index is 2.96. The van der Waals surface area contributed by atoms with Crippen LogP contribution in [-0.4, -0.2) is 61.0 Å². The first kappa shape index (κ1) is 16.3. The van der Waals surface area contributed by atoms with E-state index in [1.807, 2.05) is 6.92 Å². The van der Waals surface area contributed by atoms with Crippen molar-refractivity contribution >= 4 is 5.91 Å². The van der Waals surface area contributed by atoms with Gasteiger partial charge in [-0.15, -0.1) is 0 Å². The summed E-state index contributed by atoms with van der Waals surface area (Å²) in [5.41, 5.74) is 0.423. The number of ether oxygens (including phenoxy) is 2. The summed E-state index contributed by atoms with van der Waals surface area (Å²) < 4.78 is 10.6. The number of amides is 1. The lowest BCUT2D eigenvalue weighted by Crippen LogP contribution is -2.35. The fourth-order valence-corrected chi connectivity index (χ4v) is 1.81. The monoisotopic (exact) mass is 283 g/mol. The van der Waals surface area contributed by atoms with Gasteiger partial charge < -0.3 is 24.6 Å². The summed E-state index contributed by atoms with van der Waals surface area (Å²) in [6, 6.07) is 4.90. The third-order valence-electron chi connectivity index (χ3n) is 2.74. The molecule has 0 aromatic heterocycles. The van der Waals surface area contributed by atoms with Crippen LogP contribution in [0.4, 0.5) is 0 Å². The Kier molecular flexibility index (Phi) is 6.83. The van der Waals surface area contributed by atoms with Gasteiger partial charge in [0.25, 0.3) is 5.91 Å². The summed E-state index contributed by atoms with van der Waals surface area (Å²) in [6.07, 6.45) is 0. The van der Waals surface area contributed by atoms with Gasteiger partial charge in [0.15, 0.2) is 11.5 Å². The normalized spacial score (nSPS) is 10.2. The minimum Gasteiger partial charge on any atom is -0.493 e. The largest absolute Gasteiger partial charge is 0.493 e. The summed E-state index contributed by atoms with van der Waals surface area (Å²) in [5, 5.41) is 17.9. The van der Waals surface area contributed by atoms with Gasteiger partial charge in [-0.05, 0) is 25.1 Å². The van der Waals surface area contributed by atoms with Crippen LogP contribution < -0.4 is 9.47 Å². The molecule has 0 saturated carbocycles. The molecule has 0 unspecified atom stereocenters. The first-order chi connectivity index (χ1) is 9.67. The van der Waals surface area contributed by atoms with Gasteiger partial charge in [-0.1, -0.05) is 0 Å². The SMILES string of the molecule is CCOc1ccc(C(=O)N(CCO)CCO)cc1OC. The summed E-state index contributed by atoms with van der Waals surface area (Å²) >= 11 is 0. The molecular formula is C14H21NO5. The summed E-state index contributed by atoms with van der Waals surface area (Å²) in [7, 11) is 1.51. The number of nitrogens with zero attached hydrogens (tertiary/aromatic N) is 1. The molecule has 0 heterocycles. The van der Waals surface area contributed by atoms with Crippen molar-refractivity contribution in [3.8, 4) is 11.5 Å². The van der Waals surface area contributed by atoms with Gasteiger partial charge in [0, 0.05) is 18.7 Å². The molecule has 0 bridgehead atoms. The van der Waals surface area contributed by atoms with Crippen LogP contribution in [0.25, 0.3) is 0 Å². The molecule has 1 rings (SSSR count). The lowest BCUT2D eigenvalue weighted by atomic mass is 10.1. The van der Waals surface area contributed by atoms with Crippen LogP contribution in [0.1, 0.15) is 17.3 Å². The van der Waals surface area contributed by atoms with Gasteiger partial charge in [-0.25, -0.2) is 0 Å². The Labute approximate surface area is 118 Å². The van der Waals surface area contributed by atoms with Crippen molar-refractivity contribution in [2.24, 2.45) is 0 Å². The highest BCUT2D eigenvalue weighted by atomic mass is 16.5. The second-order valence-corrected chi connectivity index (χ2v) is 4.04. The van der Waals surface area contributed by atoms with E-state index in [1.165, 1.54) is 12.0 Å². The lowest BCUT2D eigenvalue weighted by Gasteiger charge is -2.21. The zero-order chi connectivity index (χ0) is 15.0. The Morgan fingerprint density at radius 2 is 1.85 bits per heavy atom. The smallest absolute Gasteiger partial charge is 0.254 e. The Morgan fingerprint density at radius 3 is 2.35 bits per heavy atom. The van der Waals surface area contributed by atoms with Gasteiger partial charge in [0.1, 0.15) is 0 Å². The quantitative estimate of drug-likeness (QED) is 0.727. The third-order valence-corrected chi connectivity index (χ3v) is 2.74. The number of hydrogen-bond donors (Lipinski definition) is 2. The number of methoxy groups -OCH3 is 1. The van der Waals surface area contributed by atoms with E-state index in [9.17, 15) is 4.79 Å². The van der Waals surface area contributed by atoms with Crippen LogP contribution in [-0.2, 0) is 0 Å². The first-order valence-corrected chi connectivity index (χ1v) is 6.49. The van der Waals surface area contributed by atoms with Gasteiger partial charge in [0.05, 0.1) is 26.9 Å².